The van der Waals surface area contributed by atoms with Gasteiger partial charge in [0.25, 0.3) is 0 Å². The summed E-state index contributed by atoms with van der Waals surface area (Å²) in [5.41, 5.74) is 0.567. The SMILES string of the molecule is CCC(OC(CC)C(C)(C)CC)C(C)(C)CC. The van der Waals surface area contributed by atoms with Crippen LogP contribution in [0.25, 0.3) is 0 Å². The zero-order valence-corrected chi connectivity index (χ0v) is 13.4. The van der Waals surface area contributed by atoms with Crippen LogP contribution in [0, 0.1) is 10.8 Å². The summed E-state index contributed by atoms with van der Waals surface area (Å²) in [5, 5.41) is 0. The summed E-state index contributed by atoms with van der Waals surface area (Å²) in [6.07, 6.45) is 5.32. The van der Waals surface area contributed by atoms with Crippen molar-refractivity contribution in [3.05, 3.63) is 0 Å². The van der Waals surface area contributed by atoms with E-state index in [1.165, 1.54) is 12.8 Å². The molecule has 0 aromatic carbocycles. The fourth-order valence-electron chi connectivity index (χ4n) is 2.32. The van der Waals surface area contributed by atoms with Crippen molar-refractivity contribution in [1.82, 2.24) is 0 Å². The maximum atomic E-state index is 6.46. The summed E-state index contributed by atoms with van der Waals surface area (Å²) >= 11 is 0. The summed E-state index contributed by atoms with van der Waals surface area (Å²) in [7, 11) is 0. The molecule has 0 bridgehead atoms. The summed E-state index contributed by atoms with van der Waals surface area (Å²) in [6.45, 7) is 18.3. The van der Waals surface area contributed by atoms with Crippen molar-refractivity contribution in [2.24, 2.45) is 10.8 Å². The van der Waals surface area contributed by atoms with Gasteiger partial charge in [-0.25, -0.2) is 0 Å². The summed E-state index contributed by atoms with van der Waals surface area (Å²) < 4.78 is 6.46. The fraction of sp³-hybridized carbons (Fsp3) is 1.00. The van der Waals surface area contributed by atoms with Crippen molar-refractivity contribution in [3.8, 4) is 0 Å². The first-order valence-electron chi connectivity index (χ1n) is 7.40. The molecule has 2 atom stereocenters. The predicted molar refractivity (Wildman–Crippen MR) is 77.4 cm³/mol. The van der Waals surface area contributed by atoms with Crippen molar-refractivity contribution >= 4 is 0 Å². The molecule has 0 N–H and O–H groups in total. The molecule has 1 heteroatoms. The van der Waals surface area contributed by atoms with E-state index in [-0.39, 0.29) is 10.8 Å². The van der Waals surface area contributed by atoms with Crippen molar-refractivity contribution in [2.45, 2.75) is 93.3 Å². The van der Waals surface area contributed by atoms with Gasteiger partial charge in [-0.15, -0.1) is 0 Å². The maximum Gasteiger partial charge on any atom is 0.0627 e. The predicted octanol–water partition coefficient (Wildman–Crippen LogP) is 5.43. The Hall–Kier alpha value is -0.0400. The molecule has 0 fully saturated rings. The van der Waals surface area contributed by atoms with E-state index >= 15 is 0 Å². The van der Waals surface area contributed by atoms with Crippen LogP contribution in [-0.4, -0.2) is 12.2 Å². The first kappa shape index (κ1) is 17.0. The number of hydrogen-bond acceptors (Lipinski definition) is 1. The second-order valence-electron chi connectivity index (χ2n) is 6.61. The minimum Gasteiger partial charge on any atom is -0.374 e. The third-order valence-corrected chi connectivity index (χ3v) is 4.64. The Bertz CT molecular complexity index is 184. The maximum absolute atomic E-state index is 6.46. The third kappa shape index (κ3) is 4.62. The van der Waals surface area contributed by atoms with Gasteiger partial charge in [-0.3, -0.25) is 0 Å². The Labute approximate surface area is 109 Å². The quantitative estimate of drug-likeness (QED) is 0.551. The molecular weight excluding hydrogens is 208 g/mol. The molecule has 0 heterocycles. The van der Waals surface area contributed by atoms with Crippen LogP contribution >= 0.6 is 0 Å². The van der Waals surface area contributed by atoms with Crippen LogP contribution in [0.4, 0.5) is 0 Å². The van der Waals surface area contributed by atoms with Crippen LogP contribution in [0.5, 0.6) is 0 Å². The molecule has 0 rings (SSSR count). The fourth-order valence-corrected chi connectivity index (χ4v) is 2.32. The highest BCUT2D eigenvalue weighted by molar-refractivity contribution is 4.83. The standard InChI is InChI=1S/C16H34O/c1-9-13(15(5,6)11-3)17-14(10-2)16(7,8)12-4/h13-14H,9-12H2,1-8H3. The van der Waals surface area contributed by atoms with Crippen molar-refractivity contribution in [3.63, 3.8) is 0 Å². The molecule has 0 amide bonds. The highest BCUT2D eigenvalue weighted by Gasteiger charge is 2.34. The van der Waals surface area contributed by atoms with Crippen molar-refractivity contribution in [1.29, 1.82) is 0 Å². The summed E-state index contributed by atoms with van der Waals surface area (Å²) in [6, 6.07) is 0. The molecule has 17 heavy (non-hydrogen) atoms. The molecular formula is C16H34O. The molecule has 0 saturated heterocycles. The van der Waals surface area contributed by atoms with Gasteiger partial charge >= 0.3 is 0 Å². The zero-order chi connectivity index (χ0) is 13.7. The smallest absolute Gasteiger partial charge is 0.0627 e. The Kier molecular flexibility index (Phi) is 6.76. The van der Waals surface area contributed by atoms with Gasteiger partial charge in [0.2, 0.25) is 0 Å². The monoisotopic (exact) mass is 242 g/mol. The summed E-state index contributed by atoms with van der Waals surface area (Å²) in [4.78, 5) is 0. The van der Waals surface area contributed by atoms with Crippen LogP contribution in [0.1, 0.15) is 81.1 Å². The lowest BCUT2D eigenvalue weighted by atomic mass is 9.79. The molecule has 1 nitrogen and oxygen atoms in total. The average molecular weight is 242 g/mol. The van der Waals surface area contributed by atoms with E-state index in [0.29, 0.717) is 12.2 Å². The summed E-state index contributed by atoms with van der Waals surface area (Å²) in [5.74, 6) is 0. The topological polar surface area (TPSA) is 9.23 Å². The lowest BCUT2D eigenvalue weighted by Crippen LogP contribution is -2.40. The molecule has 0 aromatic rings. The van der Waals surface area contributed by atoms with E-state index in [0.717, 1.165) is 12.8 Å². The molecule has 0 radical (unpaired) electrons. The lowest BCUT2D eigenvalue weighted by molar-refractivity contribution is -0.118. The van der Waals surface area contributed by atoms with Gasteiger partial charge in [-0.05, 0) is 36.5 Å². The molecule has 0 aliphatic heterocycles. The molecule has 0 spiro atoms. The zero-order valence-electron chi connectivity index (χ0n) is 13.4. The molecule has 104 valence electrons. The van der Waals surface area contributed by atoms with Crippen LogP contribution in [0.3, 0.4) is 0 Å². The van der Waals surface area contributed by atoms with E-state index in [2.05, 4.69) is 55.4 Å². The number of hydrogen-bond donors (Lipinski definition) is 0. The van der Waals surface area contributed by atoms with Crippen LogP contribution in [-0.2, 0) is 4.74 Å². The largest absolute Gasteiger partial charge is 0.374 e. The van der Waals surface area contributed by atoms with Gasteiger partial charge in [0.1, 0.15) is 0 Å². The van der Waals surface area contributed by atoms with Gasteiger partial charge in [-0.2, -0.15) is 0 Å². The lowest BCUT2D eigenvalue weighted by Gasteiger charge is -2.41. The minimum atomic E-state index is 0.284. The van der Waals surface area contributed by atoms with Crippen molar-refractivity contribution < 1.29 is 4.74 Å². The van der Waals surface area contributed by atoms with Crippen molar-refractivity contribution in [2.75, 3.05) is 0 Å². The average Bonchev–Trinajstić information content (AvgIpc) is 2.29. The van der Waals surface area contributed by atoms with Crippen LogP contribution < -0.4 is 0 Å². The van der Waals surface area contributed by atoms with Gasteiger partial charge in [-0.1, -0.05) is 55.4 Å². The van der Waals surface area contributed by atoms with Crippen LogP contribution in [0.2, 0.25) is 0 Å². The highest BCUT2D eigenvalue weighted by Crippen LogP contribution is 2.36. The second kappa shape index (κ2) is 6.78. The highest BCUT2D eigenvalue weighted by atomic mass is 16.5. The van der Waals surface area contributed by atoms with E-state index in [1.54, 1.807) is 0 Å². The van der Waals surface area contributed by atoms with E-state index in [9.17, 15) is 0 Å². The Morgan fingerprint density at radius 1 is 0.706 bits per heavy atom. The molecule has 0 aliphatic carbocycles. The Morgan fingerprint density at radius 3 is 1.18 bits per heavy atom. The van der Waals surface area contributed by atoms with E-state index < -0.39 is 0 Å². The Balaban J connectivity index is 4.75. The normalized spacial score (nSPS) is 16.9. The molecule has 0 aromatic heterocycles. The molecule has 0 saturated carbocycles. The van der Waals surface area contributed by atoms with Gasteiger partial charge in [0.15, 0.2) is 0 Å². The molecule has 0 aliphatic rings. The second-order valence-corrected chi connectivity index (χ2v) is 6.61. The minimum absolute atomic E-state index is 0.284. The van der Waals surface area contributed by atoms with E-state index in [4.69, 9.17) is 4.74 Å². The van der Waals surface area contributed by atoms with Gasteiger partial charge in [0, 0.05) is 0 Å². The third-order valence-electron chi connectivity index (χ3n) is 4.64. The van der Waals surface area contributed by atoms with E-state index in [1.807, 2.05) is 0 Å². The van der Waals surface area contributed by atoms with Gasteiger partial charge < -0.3 is 4.74 Å². The van der Waals surface area contributed by atoms with Gasteiger partial charge in [0.05, 0.1) is 12.2 Å². The first-order chi connectivity index (χ1) is 7.75. The Morgan fingerprint density at radius 2 is 1.00 bits per heavy atom. The number of rotatable bonds is 8. The first-order valence-corrected chi connectivity index (χ1v) is 7.40. The molecule has 2 unspecified atom stereocenters. The number of ether oxygens (including phenoxy) is 1. The van der Waals surface area contributed by atoms with Crippen LogP contribution in [0.15, 0.2) is 0 Å².